The molecule has 148 valence electrons. The molecule has 1 saturated heterocycles. The van der Waals surface area contributed by atoms with Crippen molar-refractivity contribution < 1.29 is 9.47 Å². The second-order valence-corrected chi connectivity index (χ2v) is 8.79. The Morgan fingerprint density at radius 3 is 2.63 bits per heavy atom. The highest BCUT2D eigenvalue weighted by Gasteiger charge is 2.41. The van der Waals surface area contributed by atoms with Crippen molar-refractivity contribution in [2.45, 2.75) is 83.6 Å². The fraction of sp³-hybridized carbons (Fsp3) is 0.609. The average molecular weight is 371 g/mol. The van der Waals surface area contributed by atoms with Crippen LogP contribution in [0, 0.1) is 0 Å². The third kappa shape index (κ3) is 5.43. The van der Waals surface area contributed by atoms with Crippen molar-refractivity contribution in [3.63, 3.8) is 0 Å². The lowest BCUT2D eigenvalue weighted by molar-refractivity contribution is -0.182. The topological polar surface area (TPSA) is 36.3 Å². The summed E-state index contributed by atoms with van der Waals surface area (Å²) in [4.78, 5) is 4.17. The van der Waals surface area contributed by atoms with Gasteiger partial charge in [0, 0.05) is 18.8 Å². The van der Waals surface area contributed by atoms with Gasteiger partial charge in [0.05, 0.1) is 25.6 Å². The number of ether oxygens (including phenoxy) is 2. The third-order valence-corrected chi connectivity index (χ3v) is 5.39. The number of benzene rings is 1. The van der Waals surface area contributed by atoms with Crippen LogP contribution < -0.4 is 0 Å². The van der Waals surface area contributed by atoms with Crippen molar-refractivity contribution in [2.75, 3.05) is 6.61 Å². The van der Waals surface area contributed by atoms with Crippen LogP contribution in [0.4, 0.5) is 0 Å². The molecule has 0 amide bonds. The molecule has 0 radical (unpaired) electrons. The Kier molecular flexibility index (Phi) is 6.38. The van der Waals surface area contributed by atoms with E-state index in [9.17, 15) is 0 Å². The largest absolute Gasteiger partial charge is 0.345 e. The number of rotatable bonds is 8. The number of aromatic nitrogens is 2. The van der Waals surface area contributed by atoms with Gasteiger partial charge >= 0.3 is 0 Å². The van der Waals surface area contributed by atoms with Crippen LogP contribution in [0.25, 0.3) is 0 Å². The van der Waals surface area contributed by atoms with Gasteiger partial charge in [-0.05, 0) is 29.4 Å². The van der Waals surface area contributed by atoms with E-state index in [4.69, 9.17) is 9.47 Å². The number of imidazole rings is 1. The Balaban J connectivity index is 1.66. The summed E-state index contributed by atoms with van der Waals surface area (Å²) in [5.74, 6) is -0.554. The van der Waals surface area contributed by atoms with Crippen LogP contribution in [0.2, 0.25) is 0 Å². The average Bonchev–Trinajstić information content (AvgIpc) is 3.29. The number of hydrogen-bond donors (Lipinski definition) is 0. The van der Waals surface area contributed by atoms with E-state index in [1.165, 1.54) is 24.0 Å². The van der Waals surface area contributed by atoms with Crippen molar-refractivity contribution in [1.82, 2.24) is 9.55 Å². The smallest absolute Gasteiger partial charge is 0.187 e. The molecule has 1 aliphatic rings. The van der Waals surface area contributed by atoms with E-state index >= 15 is 0 Å². The molecule has 2 heterocycles. The molecule has 4 nitrogen and oxygen atoms in total. The third-order valence-electron chi connectivity index (χ3n) is 5.39. The molecule has 0 saturated carbocycles. The molecule has 0 N–H and O–H groups in total. The van der Waals surface area contributed by atoms with E-state index in [2.05, 4.69) is 61.5 Å². The Morgan fingerprint density at radius 1 is 1.22 bits per heavy atom. The molecule has 2 aromatic rings. The van der Waals surface area contributed by atoms with Gasteiger partial charge in [0.25, 0.3) is 0 Å². The minimum atomic E-state index is -0.554. The highest BCUT2D eigenvalue weighted by molar-refractivity contribution is 5.27. The lowest BCUT2D eigenvalue weighted by Crippen LogP contribution is -2.36. The summed E-state index contributed by atoms with van der Waals surface area (Å²) in [6, 6.07) is 8.99. The summed E-state index contributed by atoms with van der Waals surface area (Å²) in [6.07, 6.45) is 11.1. The summed E-state index contributed by atoms with van der Waals surface area (Å²) in [7, 11) is 0. The van der Waals surface area contributed by atoms with Crippen LogP contribution in [-0.2, 0) is 27.9 Å². The summed E-state index contributed by atoms with van der Waals surface area (Å²) in [5, 5.41) is 0. The zero-order valence-corrected chi connectivity index (χ0v) is 17.3. The molecule has 2 atom stereocenters. The summed E-state index contributed by atoms with van der Waals surface area (Å²) in [5.41, 5.74) is 2.88. The van der Waals surface area contributed by atoms with Crippen LogP contribution in [0.15, 0.2) is 43.0 Å². The molecule has 2 unspecified atom stereocenters. The zero-order valence-electron chi connectivity index (χ0n) is 17.3. The van der Waals surface area contributed by atoms with Gasteiger partial charge in [-0.2, -0.15) is 0 Å². The monoisotopic (exact) mass is 370 g/mol. The lowest BCUT2D eigenvalue weighted by atomic mass is 9.86. The van der Waals surface area contributed by atoms with Crippen molar-refractivity contribution >= 4 is 0 Å². The van der Waals surface area contributed by atoms with E-state index in [0.29, 0.717) is 13.2 Å². The molecular formula is C23H34N2O2. The Hall–Kier alpha value is -1.65. The first-order valence-electron chi connectivity index (χ1n) is 10.3. The molecule has 1 aromatic heterocycles. The lowest BCUT2D eigenvalue weighted by Gasteiger charge is -2.29. The molecule has 0 bridgehead atoms. The maximum atomic E-state index is 6.45. The number of hydrogen-bond acceptors (Lipinski definition) is 3. The van der Waals surface area contributed by atoms with Gasteiger partial charge in [-0.1, -0.05) is 64.8 Å². The van der Waals surface area contributed by atoms with Gasteiger partial charge in [-0.3, -0.25) is 0 Å². The Morgan fingerprint density at radius 2 is 2.00 bits per heavy atom. The van der Waals surface area contributed by atoms with Crippen molar-refractivity contribution in [3.8, 4) is 0 Å². The highest BCUT2D eigenvalue weighted by atomic mass is 16.7. The van der Waals surface area contributed by atoms with E-state index in [1.807, 2.05) is 18.7 Å². The number of aryl methyl sites for hydroxylation is 1. The number of unbranched alkanes of at least 4 members (excludes halogenated alkanes) is 1. The first-order chi connectivity index (χ1) is 12.9. The second kappa shape index (κ2) is 8.57. The Bertz CT molecular complexity index is 688. The van der Waals surface area contributed by atoms with Crippen LogP contribution in [-0.4, -0.2) is 28.0 Å². The first-order valence-corrected chi connectivity index (χ1v) is 10.3. The van der Waals surface area contributed by atoms with Crippen LogP contribution in [0.5, 0.6) is 0 Å². The molecule has 3 rings (SSSR count). The molecule has 1 aromatic carbocycles. The molecular weight excluding hydrogens is 336 g/mol. The van der Waals surface area contributed by atoms with Crippen LogP contribution in [0.3, 0.4) is 0 Å². The van der Waals surface area contributed by atoms with Gasteiger partial charge in [-0.15, -0.1) is 0 Å². The summed E-state index contributed by atoms with van der Waals surface area (Å²) >= 11 is 0. The first kappa shape index (κ1) is 20.1. The van der Waals surface area contributed by atoms with Gasteiger partial charge in [0.2, 0.25) is 0 Å². The molecule has 0 spiro atoms. The zero-order chi connectivity index (χ0) is 19.3. The van der Waals surface area contributed by atoms with Crippen LogP contribution in [0.1, 0.15) is 64.5 Å². The van der Waals surface area contributed by atoms with Gasteiger partial charge in [0.15, 0.2) is 5.79 Å². The van der Waals surface area contributed by atoms with Crippen molar-refractivity contribution in [3.05, 3.63) is 54.1 Å². The van der Waals surface area contributed by atoms with E-state index < -0.39 is 5.79 Å². The SMILES string of the molecule is CCCCC1COC(CCc2ccc(C(C)(C)C)cc2)(Cn2ccnc2)O1. The maximum absolute atomic E-state index is 6.45. The fourth-order valence-electron chi connectivity index (χ4n) is 3.65. The predicted molar refractivity (Wildman–Crippen MR) is 109 cm³/mol. The van der Waals surface area contributed by atoms with Gasteiger partial charge < -0.3 is 14.0 Å². The molecule has 1 fully saturated rings. The standard InChI is InChI=1S/C23H34N2O2/c1-5-6-7-21-16-26-23(27-21,17-25-15-14-24-18-25)13-12-19-8-10-20(11-9-19)22(2,3)4/h8-11,14-15,18,21H,5-7,12-13,16-17H2,1-4H3. The van der Waals surface area contributed by atoms with Gasteiger partial charge in [-0.25, -0.2) is 4.98 Å². The predicted octanol–water partition coefficient (Wildman–Crippen LogP) is 5.12. The normalized spacial score (nSPS) is 23.0. The molecule has 27 heavy (non-hydrogen) atoms. The van der Waals surface area contributed by atoms with Crippen LogP contribution >= 0.6 is 0 Å². The van der Waals surface area contributed by atoms with E-state index in [-0.39, 0.29) is 11.5 Å². The second-order valence-electron chi connectivity index (χ2n) is 8.79. The Labute approximate surface area is 163 Å². The van der Waals surface area contributed by atoms with Crippen molar-refractivity contribution in [2.24, 2.45) is 0 Å². The summed E-state index contributed by atoms with van der Waals surface area (Å²) < 4.78 is 14.8. The minimum Gasteiger partial charge on any atom is -0.345 e. The summed E-state index contributed by atoms with van der Waals surface area (Å²) in [6.45, 7) is 10.3. The van der Waals surface area contributed by atoms with E-state index in [0.717, 1.165) is 19.3 Å². The molecule has 4 heteroatoms. The minimum absolute atomic E-state index is 0.186. The maximum Gasteiger partial charge on any atom is 0.187 e. The quantitative estimate of drug-likeness (QED) is 0.647. The van der Waals surface area contributed by atoms with Gasteiger partial charge in [0.1, 0.15) is 0 Å². The highest BCUT2D eigenvalue weighted by Crippen LogP contribution is 2.33. The van der Waals surface area contributed by atoms with E-state index in [1.54, 1.807) is 0 Å². The fourth-order valence-corrected chi connectivity index (χ4v) is 3.65. The molecule has 1 aliphatic heterocycles. The number of nitrogens with zero attached hydrogens (tertiary/aromatic N) is 2. The van der Waals surface area contributed by atoms with Crippen molar-refractivity contribution in [1.29, 1.82) is 0 Å². The molecule has 0 aliphatic carbocycles.